The van der Waals surface area contributed by atoms with Crippen molar-refractivity contribution in [2.24, 2.45) is 0 Å². The van der Waals surface area contributed by atoms with E-state index < -0.39 is 11.7 Å². The summed E-state index contributed by atoms with van der Waals surface area (Å²) in [6.45, 7) is 5.65. The van der Waals surface area contributed by atoms with Gasteiger partial charge in [0.15, 0.2) is 5.13 Å². The summed E-state index contributed by atoms with van der Waals surface area (Å²) in [5.41, 5.74) is 6.78. The lowest BCUT2D eigenvalue weighted by atomic mass is 10.2. The number of amides is 1. The number of ether oxygens (including phenoxy) is 1. The van der Waals surface area contributed by atoms with E-state index in [4.69, 9.17) is 10.5 Å². The standard InChI is InChI=1S/C15H17N3O2S/c1-15(2,3)20-14(19)17-9-5-7-10-6-4-8-11-12(10)18-13(16)21-11/h4,6,8H,9H2,1-3H3,(H2,16,18)(H,17,19). The normalized spacial score (nSPS) is 10.8. The number of hydrogen-bond donors (Lipinski definition) is 2. The van der Waals surface area contributed by atoms with E-state index in [0.29, 0.717) is 5.13 Å². The van der Waals surface area contributed by atoms with Crippen molar-refractivity contribution in [1.82, 2.24) is 10.3 Å². The van der Waals surface area contributed by atoms with Gasteiger partial charge in [-0.15, -0.1) is 0 Å². The van der Waals surface area contributed by atoms with Crippen LogP contribution >= 0.6 is 11.3 Å². The highest BCUT2D eigenvalue weighted by atomic mass is 32.1. The molecule has 21 heavy (non-hydrogen) atoms. The Morgan fingerprint density at radius 2 is 2.24 bits per heavy atom. The van der Waals surface area contributed by atoms with Gasteiger partial charge < -0.3 is 15.8 Å². The zero-order chi connectivity index (χ0) is 15.5. The van der Waals surface area contributed by atoms with Crippen LogP contribution in [0.25, 0.3) is 10.2 Å². The molecule has 1 aromatic heterocycles. The Kier molecular flexibility index (Phi) is 4.34. The van der Waals surface area contributed by atoms with E-state index in [9.17, 15) is 4.79 Å². The van der Waals surface area contributed by atoms with Crippen molar-refractivity contribution in [1.29, 1.82) is 0 Å². The van der Waals surface area contributed by atoms with Gasteiger partial charge in [0.2, 0.25) is 0 Å². The first-order valence-corrected chi connectivity index (χ1v) is 7.27. The maximum atomic E-state index is 11.5. The molecule has 5 nitrogen and oxygen atoms in total. The molecular weight excluding hydrogens is 286 g/mol. The van der Waals surface area contributed by atoms with Crippen molar-refractivity contribution in [3.05, 3.63) is 23.8 Å². The molecule has 0 saturated carbocycles. The Hall–Kier alpha value is -2.26. The minimum absolute atomic E-state index is 0.213. The summed E-state index contributed by atoms with van der Waals surface area (Å²) in [6, 6.07) is 5.74. The van der Waals surface area contributed by atoms with Crippen LogP contribution in [-0.2, 0) is 4.74 Å². The van der Waals surface area contributed by atoms with Crippen LogP contribution in [0.4, 0.5) is 9.93 Å². The summed E-state index contributed by atoms with van der Waals surface area (Å²) >= 11 is 1.43. The quantitative estimate of drug-likeness (QED) is 0.794. The number of para-hydroxylation sites is 1. The average Bonchev–Trinajstić information content (AvgIpc) is 2.73. The molecule has 0 aliphatic rings. The minimum atomic E-state index is -0.513. The second kappa shape index (κ2) is 6.02. The number of nitrogens with zero attached hydrogens (tertiary/aromatic N) is 1. The highest BCUT2D eigenvalue weighted by Crippen LogP contribution is 2.25. The average molecular weight is 303 g/mol. The molecule has 0 atom stereocenters. The fraction of sp³-hybridized carbons (Fsp3) is 0.333. The van der Waals surface area contributed by atoms with Crippen LogP contribution in [0.2, 0.25) is 0 Å². The fourth-order valence-corrected chi connectivity index (χ4v) is 2.40. The first-order chi connectivity index (χ1) is 9.85. The molecule has 0 fully saturated rings. The third-order valence-electron chi connectivity index (χ3n) is 2.38. The van der Waals surface area contributed by atoms with Crippen molar-refractivity contribution in [2.45, 2.75) is 26.4 Å². The number of rotatable bonds is 1. The largest absolute Gasteiger partial charge is 0.444 e. The number of nitrogens with one attached hydrogen (secondary N) is 1. The van der Waals surface area contributed by atoms with Crippen LogP contribution in [-0.4, -0.2) is 23.2 Å². The molecule has 0 unspecified atom stereocenters. The van der Waals surface area contributed by atoms with Gasteiger partial charge in [-0.25, -0.2) is 9.78 Å². The Bertz CT molecular complexity index is 720. The summed E-state index contributed by atoms with van der Waals surface area (Å²) in [5, 5.41) is 3.11. The highest BCUT2D eigenvalue weighted by Gasteiger charge is 2.15. The van der Waals surface area contributed by atoms with Crippen molar-refractivity contribution >= 4 is 32.8 Å². The van der Waals surface area contributed by atoms with Gasteiger partial charge in [-0.1, -0.05) is 29.2 Å². The Balaban J connectivity index is 2.00. The SMILES string of the molecule is CC(C)(C)OC(=O)NCC#Cc1cccc2sc(N)nc12. The van der Waals surface area contributed by atoms with Crippen LogP contribution in [0.3, 0.4) is 0 Å². The van der Waals surface area contributed by atoms with Crippen molar-refractivity contribution in [3.63, 3.8) is 0 Å². The van der Waals surface area contributed by atoms with Gasteiger partial charge in [0, 0.05) is 0 Å². The highest BCUT2D eigenvalue weighted by molar-refractivity contribution is 7.22. The van der Waals surface area contributed by atoms with Gasteiger partial charge in [0.05, 0.1) is 22.3 Å². The molecule has 1 amide bonds. The van der Waals surface area contributed by atoms with Crippen LogP contribution in [0.5, 0.6) is 0 Å². The van der Waals surface area contributed by atoms with Crippen molar-refractivity contribution in [3.8, 4) is 11.8 Å². The lowest BCUT2D eigenvalue weighted by Crippen LogP contribution is -2.32. The molecule has 2 rings (SSSR count). The molecule has 1 heterocycles. The summed E-state index contributed by atoms with van der Waals surface area (Å²) in [5.74, 6) is 5.87. The molecule has 110 valence electrons. The molecule has 0 bridgehead atoms. The molecular formula is C15H17N3O2S. The van der Waals surface area contributed by atoms with Gasteiger partial charge in [-0.2, -0.15) is 0 Å². The number of nitrogen functional groups attached to an aromatic ring is 1. The molecule has 0 aliphatic heterocycles. The first-order valence-electron chi connectivity index (χ1n) is 6.46. The number of nitrogens with two attached hydrogens (primary N) is 1. The van der Waals surface area contributed by atoms with Crippen molar-refractivity contribution < 1.29 is 9.53 Å². The van der Waals surface area contributed by atoms with Crippen LogP contribution in [0.15, 0.2) is 18.2 Å². The first kappa shape index (κ1) is 15.1. The Morgan fingerprint density at radius 1 is 1.48 bits per heavy atom. The van der Waals surface area contributed by atoms with Crippen LogP contribution in [0, 0.1) is 11.8 Å². The van der Waals surface area contributed by atoms with E-state index in [0.717, 1.165) is 15.8 Å². The van der Waals surface area contributed by atoms with E-state index in [1.165, 1.54) is 11.3 Å². The third-order valence-corrected chi connectivity index (χ3v) is 3.23. The molecule has 0 saturated heterocycles. The van der Waals surface area contributed by atoms with Gasteiger partial charge >= 0.3 is 6.09 Å². The second-order valence-electron chi connectivity index (χ2n) is 5.36. The van der Waals surface area contributed by atoms with E-state index in [-0.39, 0.29) is 6.54 Å². The van der Waals surface area contributed by atoms with Crippen molar-refractivity contribution in [2.75, 3.05) is 12.3 Å². The molecule has 3 N–H and O–H groups in total. The van der Waals surface area contributed by atoms with E-state index >= 15 is 0 Å². The zero-order valence-corrected chi connectivity index (χ0v) is 13.0. The number of fused-ring (bicyclic) bond motifs is 1. The predicted molar refractivity (Wildman–Crippen MR) is 85.1 cm³/mol. The van der Waals surface area contributed by atoms with E-state index in [2.05, 4.69) is 22.1 Å². The van der Waals surface area contributed by atoms with Crippen LogP contribution in [0.1, 0.15) is 26.3 Å². The zero-order valence-electron chi connectivity index (χ0n) is 12.2. The number of carbonyl (C=O) groups is 1. The maximum Gasteiger partial charge on any atom is 0.408 e. The maximum absolute atomic E-state index is 11.5. The number of alkyl carbamates (subject to hydrolysis) is 1. The van der Waals surface area contributed by atoms with Gasteiger partial charge in [0.25, 0.3) is 0 Å². The lowest BCUT2D eigenvalue weighted by Gasteiger charge is -2.18. The fourth-order valence-electron chi connectivity index (χ4n) is 1.64. The number of hydrogen-bond acceptors (Lipinski definition) is 5. The molecule has 6 heteroatoms. The number of carbonyl (C=O) groups excluding carboxylic acids is 1. The lowest BCUT2D eigenvalue weighted by molar-refractivity contribution is 0.0535. The molecule has 1 aromatic carbocycles. The number of aromatic nitrogens is 1. The van der Waals surface area contributed by atoms with Gasteiger partial charge in [-0.05, 0) is 32.9 Å². The predicted octanol–water partition coefficient (Wildman–Crippen LogP) is 2.75. The second-order valence-corrected chi connectivity index (χ2v) is 6.42. The van der Waals surface area contributed by atoms with E-state index in [1.807, 2.05) is 39.0 Å². The number of thiazole rings is 1. The number of anilines is 1. The summed E-state index contributed by atoms with van der Waals surface area (Å²) < 4.78 is 6.12. The molecule has 2 aromatic rings. The Morgan fingerprint density at radius 3 is 2.95 bits per heavy atom. The summed E-state index contributed by atoms with van der Waals surface area (Å²) in [4.78, 5) is 15.7. The summed E-state index contributed by atoms with van der Waals surface area (Å²) in [6.07, 6.45) is -0.479. The monoisotopic (exact) mass is 303 g/mol. The summed E-state index contributed by atoms with van der Waals surface area (Å²) in [7, 11) is 0. The smallest absolute Gasteiger partial charge is 0.408 e. The number of benzene rings is 1. The molecule has 0 spiro atoms. The Labute approximate surface area is 127 Å². The van der Waals surface area contributed by atoms with E-state index in [1.54, 1.807) is 0 Å². The van der Waals surface area contributed by atoms with Gasteiger partial charge in [0.1, 0.15) is 5.60 Å². The minimum Gasteiger partial charge on any atom is -0.444 e. The topological polar surface area (TPSA) is 77.2 Å². The third kappa shape index (κ3) is 4.36. The molecule has 0 radical (unpaired) electrons. The molecule has 0 aliphatic carbocycles. The van der Waals surface area contributed by atoms with Crippen LogP contribution < -0.4 is 11.1 Å². The van der Waals surface area contributed by atoms with Gasteiger partial charge in [-0.3, -0.25) is 0 Å².